The van der Waals surface area contributed by atoms with Crippen LogP contribution in [0.2, 0.25) is 10.0 Å². The molecule has 0 aliphatic carbocycles. The highest BCUT2D eigenvalue weighted by Gasteiger charge is 2.16. The number of benzene rings is 2. The highest BCUT2D eigenvalue weighted by Crippen LogP contribution is 2.26. The van der Waals surface area contributed by atoms with Crippen molar-refractivity contribution in [3.8, 4) is 0 Å². The van der Waals surface area contributed by atoms with E-state index in [4.69, 9.17) is 28.9 Å². The van der Waals surface area contributed by atoms with Crippen LogP contribution in [-0.4, -0.2) is 16.6 Å². The van der Waals surface area contributed by atoms with Gasteiger partial charge in [0.05, 0.1) is 20.9 Å². The van der Waals surface area contributed by atoms with Gasteiger partial charge < -0.3 is 5.73 Å². The summed E-state index contributed by atoms with van der Waals surface area (Å²) < 4.78 is 0.942. The Hall–Kier alpha value is -2.15. The number of nitrogens with zero attached hydrogens (tertiary/aromatic N) is 2. The molecule has 0 bridgehead atoms. The van der Waals surface area contributed by atoms with Gasteiger partial charge in [-0.15, -0.1) is 11.3 Å². The number of para-hydroxylation sites is 1. The minimum absolute atomic E-state index is 0.0299. The summed E-state index contributed by atoms with van der Waals surface area (Å²) in [4.78, 5) is 16.1. The van der Waals surface area contributed by atoms with Gasteiger partial charge in [0.2, 0.25) is 0 Å². The molecular weight excluding hydrogens is 355 g/mol. The van der Waals surface area contributed by atoms with E-state index in [-0.39, 0.29) is 5.71 Å². The molecule has 0 unspecified atom stereocenters. The highest BCUT2D eigenvalue weighted by molar-refractivity contribution is 7.21. The largest absolute Gasteiger partial charge is 0.364 e. The Kier molecular flexibility index (Phi) is 4.47. The molecule has 8 heteroatoms. The molecule has 5 nitrogen and oxygen atoms in total. The molecule has 1 aromatic heterocycles. The number of hydrogen-bond donors (Lipinski definition) is 2. The molecule has 0 fully saturated rings. The number of amides is 1. The molecule has 3 rings (SSSR count). The number of hydrazone groups is 1. The van der Waals surface area contributed by atoms with Crippen molar-refractivity contribution in [1.82, 2.24) is 4.98 Å². The number of anilines is 1. The normalized spacial score (nSPS) is 11.7. The molecule has 0 atom stereocenters. The molecule has 0 radical (unpaired) electrons. The van der Waals surface area contributed by atoms with Crippen LogP contribution in [-0.2, 0) is 4.79 Å². The van der Waals surface area contributed by atoms with Crippen LogP contribution in [0.5, 0.6) is 0 Å². The van der Waals surface area contributed by atoms with E-state index in [0.717, 1.165) is 10.2 Å². The number of rotatable bonds is 4. The van der Waals surface area contributed by atoms with Gasteiger partial charge in [-0.25, -0.2) is 4.98 Å². The standard InChI is InChI=1S/C15H10Cl2N4OS/c16-8-5-6-9(17)11(7-8)20-21-13(14(18)22)15-19-10-3-1-2-4-12(10)23-15/h1-7,20H,(H2,18,22). The van der Waals surface area contributed by atoms with E-state index in [1.54, 1.807) is 18.2 Å². The summed E-state index contributed by atoms with van der Waals surface area (Å²) in [6.45, 7) is 0. The van der Waals surface area contributed by atoms with Crippen molar-refractivity contribution in [2.75, 3.05) is 5.43 Å². The lowest BCUT2D eigenvalue weighted by Gasteiger charge is -2.05. The Labute approximate surface area is 145 Å². The summed E-state index contributed by atoms with van der Waals surface area (Å²) in [5.41, 5.74) is 9.42. The predicted octanol–water partition coefficient (Wildman–Crippen LogP) is 3.90. The molecule has 1 amide bonds. The third kappa shape index (κ3) is 3.44. The predicted molar refractivity (Wildman–Crippen MR) is 95.4 cm³/mol. The number of carbonyl (C=O) groups excluding carboxylic acids is 1. The fourth-order valence-corrected chi connectivity index (χ4v) is 3.17. The second kappa shape index (κ2) is 6.54. The number of carbonyl (C=O) groups is 1. The lowest BCUT2D eigenvalue weighted by atomic mass is 10.3. The number of aromatic nitrogens is 1. The van der Waals surface area contributed by atoms with Crippen LogP contribution in [0, 0.1) is 0 Å². The van der Waals surface area contributed by atoms with Gasteiger partial charge in [-0.05, 0) is 30.3 Å². The fraction of sp³-hybridized carbons (Fsp3) is 0. The van der Waals surface area contributed by atoms with Gasteiger partial charge in [0.15, 0.2) is 10.7 Å². The first-order valence-corrected chi connectivity index (χ1v) is 8.06. The summed E-state index contributed by atoms with van der Waals surface area (Å²) in [5.74, 6) is -0.685. The summed E-state index contributed by atoms with van der Waals surface area (Å²) in [6, 6.07) is 12.4. The Morgan fingerprint density at radius 2 is 2.00 bits per heavy atom. The minimum atomic E-state index is -0.685. The number of halogens is 2. The first kappa shape index (κ1) is 15.7. The van der Waals surface area contributed by atoms with E-state index in [2.05, 4.69) is 15.5 Å². The Morgan fingerprint density at radius 1 is 1.22 bits per heavy atom. The molecular formula is C15H10Cl2N4OS. The molecule has 0 spiro atoms. The molecule has 2 aromatic carbocycles. The number of hydrogen-bond acceptors (Lipinski definition) is 5. The zero-order chi connectivity index (χ0) is 16.4. The van der Waals surface area contributed by atoms with Crippen LogP contribution in [0.15, 0.2) is 47.6 Å². The molecule has 3 N–H and O–H groups in total. The number of nitrogens with one attached hydrogen (secondary N) is 1. The summed E-state index contributed by atoms with van der Waals surface area (Å²) in [6.07, 6.45) is 0. The quantitative estimate of drug-likeness (QED) is 0.544. The average Bonchev–Trinajstić information content (AvgIpc) is 2.94. The van der Waals surface area contributed by atoms with Crippen molar-refractivity contribution in [1.29, 1.82) is 0 Å². The zero-order valence-corrected chi connectivity index (χ0v) is 13.9. The van der Waals surface area contributed by atoms with Gasteiger partial charge in [-0.1, -0.05) is 35.3 Å². The number of primary amides is 1. The molecule has 0 saturated carbocycles. The van der Waals surface area contributed by atoms with E-state index < -0.39 is 5.91 Å². The van der Waals surface area contributed by atoms with E-state index in [0.29, 0.717) is 20.7 Å². The highest BCUT2D eigenvalue weighted by atomic mass is 35.5. The molecule has 0 aliphatic rings. The second-order valence-electron chi connectivity index (χ2n) is 4.55. The maximum absolute atomic E-state index is 11.7. The summed E-state index contributed by atoms with van der Waals surface area (Å²) >= 11 is 13.3. The molecule has 3 aromatic rings. The summed E-state index contributed by atoms with van der Waals surface area (Å²) in [7, 11) is 0. The molecule has 0 aliphatic heterocycles. The Balaban J connectivity index is 1.98. The molecule has 0 saturated heterocycles. The van der Waals surface area contributed by atoms with Gasteiger partial charge in [-0.2, -0.15) is 5.10 Å². The van der Waals surface area contributed by atoms with Crippen LogP contribution in [0.25, 0.3) is 10.2 Å². The Bertz CT molecular complexity index is 890. The van der Waals surface area contributed by atoms with Gasteiger partial charge in [0.25, 0.3) is 5.91 Å². The first-order valence-electron chi connectivity index (χ1n) is 6.49. The van der Waals surface area contributed by atoms with Crippen molar-refractivity contribution < 1.29 is 4.79 Å². The van der Waals surface area contributed by atoms with Gasteiger partial charge in [0, 0.05) is 5.02 Å². The van der Waals surface area contributed by atoms with Crippen LogP contribution < -0.4 is 11.2 Å². The number of thiazole rings is 1. The van der Waals surface area contributed by atoms with E-state index in [1.807, 2.05) is 24.3 Å². The van der Waals surface area contributed by atoms with Crippen LogP contribution in [0.1, 0.15) is 5.01 Å². The smallest absolute Gasteiger partial charge is 0.272 e. The molecule has 23 heavy (non-hydrogen) atoms. The number of nitrogens with two attached hydrogens (primary N) is 1. The zero-order valence-electron chi connectivity index (χ0n) is 11.6. The summed E-state index contributed by atoms with van der Waals surface area (Å²) in [5, 5.41) is 5.41. The third-order valence-electron chi connectivity index (χ3n) is 2.95. The fourth-order valence-electron chi connectivity index (χ4n) is 1.88. The SMILES string of the molecule is NC(=O)C(=NNc1cc(Cl)ccc1Cl)c1nc2ccccc2s1. The monoisotopic (exact) mass is 364 g/mol. The van der Waals surface area contributed by atoms with Crippen LogP contribution in [0.4, 0.5) is 5.69 Å². The van der Waals surface area contributed by atoms with Crippen LogP contribution >= 0.6 is 34.5 Å². The lowest BCUT2D eigenvalue weighted by Crippen LogP contribution is -2.25. The van der Waals surface area contributed by atoms with Gasteiger partial charge in [-0.3, -0.25) is 10.2 Å². The van der Waals surface area contributed by atoms with E-state index >= 15 is 0 Å². The van der Waals surface area contributed by atoms with Crippen LogP contribution in [0.3, 0.4) is 0 Å². The minimum Gasteiger partial charge on any atom is -0.364 e. The third-order valence-corrected chi connectivity index (χ3v) is 4.55. The maximum Gasteiger partial charge on any atom is 0.272 e. The van der Waals surface area contributed by atoms with E-state index in [9.17, 15) is 4.79 Å². The van der Waals surface area contributed by atoms with Crippen molar-refractivity contribution in [2.24, 2.45) is 10.8 Å². The maximum atomic E-state index is 11.7. The first-order chi connectivity index (χ1) is 11.0. The van der Waals surface area contributed by atoms with Crippen molar-refractivity contribution in [3.05, 3.63) is 57.5 Å². The average molecular weight is 365 g/mol. The van der Waals surface area contributed by atoms with Gasteiger partial charge >= 0.3 is 0 Å². The van der Waals surface area contributed by atoms with Crippen molar-refractivity contribution in [3.63, 3.8) is 0 Å². The molecule has 116 valence electrons. The van der Waals surface area contributed by atoms with E-state index in [1.165, 1.54) is 11.3 Å². The molecule has 1 heterocycles. The van der Waals surface area contributed by atoms with Crippen molar-refractivity contribution >= 4 is 62.1 Å². The second-order valence-corrected chi connectivity index (χ2v) is 6.42. The topological polar surface area (TPSA) is 80.4 Å². The lowest BCUT2D eigenvalue weighted by molar-refractivity contribution is -0.111. The van der Waals surface area contributed by atoms with Crippen molar-refractivity contribution in [2.45, 2.75) is 0 Å². The number of fused-ring (bicyclic) bond motifs is 1. The Morgan fingerprint density at radius 3 is 2.74 bits per heavy atom. The van der Waals surface area contributed by atoms with Gasteiger partial charge in [0.1, 0.15) is 0 Å².